The molecule has 1 unspecified atom stereocenters. The van der Waals surface area contributed by atoms with Gasteiger partial charge in [-0.3, -0.25) is 0 Å². The number of benzene rings is 1. The minimum absolute atomic E-state index is 0.0582. The first kappa shape index (κ1) is 10.7. The van der Waals surface area contributed by atoms with Crippen LogP contribution in [0.1, 0.15) is 12.5 Å². The van der Waals surface area contributed by atoms with Gasteiger partial charge in [0.2, 0.25) is 0 Å². The maximum absolute atomic E-state index is 8.67. The number of fused-ring (bicyclic) bond motifs is 1. The van der Waals surface area contributed by atoms with E-state index in [0.717, 1.165) is 13.1 Å². The summed E-state index contributed by atoms with van der Waals surface area (Å²) in [5.41, 5.74) is 2.42. The van der Waals surface area contributed by atoms with Crippen LogP contribution in [-0.4, -0.2) is 11.5 Å². The summed E-state index contributed by atoms with van der Waals surface area (Å²) < 4.78 is 0. The fourth-order valence-corrected chi connectivity index (χ4v) is 1.77. The molecule has 0 aliphatic heterocycles. The predicted octanol–water partition coefficient (Wildman–Crippen LogP) is 2.42. The van der Waals surface area contributed by atoms with Crippen molar-refractivity contribution in [3.63, 3.8) is 0 Å². The van der Waals surface area contributed by atoms with E-state index < -0.39 is 0 Å². The van der Waals surface area contributed by atoms with Crippen molar-refractivity contribution >= 4 is 10.9 Å². The number of hydrogen-bond acceptors (Lipinski definition) is 2. The standard InChI is InChI=1S/C13H15N3/c1-10(7-14)8-15-9-12-4-2-3-11-5-6-16-13(11)12/h2-6,10,15-16H,8-9H2,1H3. The number of nitrogens with zero attached hydrogens (tertiary/aromatic N) is 1. The van der Waals surface area contributed by atoms with Crippen LogP contribution in [0.15, 0.2) is 30.5 Å². The molecule has 3 nitrogen and oxygen atoms in total. The van der Waals surface area contributed by atoms with Gasteiger partial charge in [0, 0.05) is 24.8 Å². The van der Waals surface area contributed by atoms with Gasteiger partial charge >= 0.3 is 0 Å². The summed E-state index contributed by atoms with van der Waals surface area (Å²) >= 11 is 0. The van der Waals surface area contributed by atoms with Gasteiger partial charge in [-0.1, -0.05) is 18.2 Å². The summed E-state index contributed by atoms with van der Waals surface area (Å²) in [7, 11) is 0. The normalized spacial score (nSPS) is 12.5. The van der Waals surface area contributed by atoms with Gasteiger partial charge in [-0.2, -0.15) is 5.26 Å². The molecular formula is C13H15N3. The zero-order chi connectivity index (χ0) is 11.4. The maximum atomic E-state index is 8.67. The highest BCUT2D eigenvalue weighted by Crippen LogP contribution is 2.16. The lowest BCUT2D eigenvalue weighted by Crippen LogP contribution is -2.19. The Kier molecular flexibility index (Phi) is 3.23. The topological polar surface area (TPSA) is 51.6 Å². The third-order valence-corrected chi connectivity index (χ3v) is 2.66. The lowest BCUT2D eigenvalue weighted by Gasteiger charge is -2.07. The number of rotatable bonds is 4. The first-order valence-corrected chi connectivity index (χ1v) is 5.46. The molecule has 2 aromatic rings. The number of nitrogens with one attached hydrogen (secondary N) is 2. The molecule has 16 heavy (non-hydrogen) atoms. The van der Waals surface area contributed by atoms with E-state index in [9.17, 15) is 0 Å². The Labute approximate surface area is 95.1 Å². The Hall–Kier alpha value is -1.79. The third-order valence-electron chi connectivity index (χ3n) is 2.66. The zero-order valence-corrected chi connectivity index (χ0v) is 9.33. The number of aromatic amines is 1. The highest BCUT2D eigenvalue weighted by molar-refractivity contribution is 5.82. The van der Waals surface area contributed by atoms with Crippen LogP contribution in [0, 0.1) is 17.2 Å². The SMILES string of the molecule is CC(C#N)CNCc1cccc2cc[nH]c12. The average molecular weight is 213 g/mol. The van der Waals surface area contributed by atoms with Gasteiger partial charge in [-0.15, -0.1) is 0 Å². The van der Waals surface area contributed by atoms with Crippen molar-refractivity contribution in [2.75, 3.05) is 6.54 Å². The van der Waals surface area contributed by atoms with E-state index in [1.807, 2.05) is 13.1 Å². The van der Waals surface area contributed by atoms with E-state index in [1.54, 1.807) is 0 Å². The largest absolute Gasteiger partial charge is 0.361 e. The number of para-hydroxylation sites is 1. The fraction of sp³-hybridized carbons (Fsp3) is 0.308. The molecule has 0 radical (unpaired) electrons. The molecule has 1 heterocycles. The summed E-state index contributed by atoms with van der Waals surface area (Å²) in [4.78, 5) is 3.24. The summed E-state index contributed by atoms with van der Waals surface area (Å²) in [6, 6.07) is 10.5. The summed E-state index contributed by atoms with van der Waals surface area (Å²) in [6.45, 7) is 3.44. The lowest BCUT2D eigenvalue weighted by molar-refractivity contribution is 0.603. The molecule has 0 amide bonds. The smallest absolute Gasteiger partial charge is 0.0666 e. The number of hydrogen-bond donors (Lipinski definition) is 2. The highest BCUT2D eigenvalue weighted by Gasteiger charge is 2.02. The lowest BCUT2D eigenvalue weighted by atomic mass is 10.1. The molecule has 1 aromatic heterocycles. The predicted molar refractivity (Wildman–Crippen MR) is 64.8 cm³/mol. The van der Waals surface area contributed by atoms with Crippen LogP contribution in [0.2, 0.25) is 0 Å². The first-order valence-electron chi connectivity index (χ1n) is 5.46. The van der Waals surface area contributed by atoms with Gasteiger partial charge in [-0.05, 0) is 23.9 Å². The van der Waals surface area contributed by atoms with Gasteiger partial charge < -0.3 is 10.3 Å². The molecular weight excluding hydrogens is 198 g/mol. The van der Waals surface area contributed by atoms with Gasteiger partial charge in [0.05, 0.1) is 12.0 Å². The molecule has 2 N–H and O–H groups in total. The van der Waals surface area contributed by atoms with Gasteiger partial charge in [-0.25, -0.2) is 0 Å². The maximum Gasteiger partial charge on any atom is 0.0666 e. The molecule has 1 atom stereocenters. The quantitative estimate of drug-likeness (QED) is 0.819. The van der Waals surface area contributed by atoms with Crippen molar-refractivity contribution in [3.8, 4) is 6.07 Å². The average Bonchev–Trinajstić information content (AvgIpc) is 2.77. The van der Waals surface area contributed by atoms with Crippen LogP contribution in [0.4, 0.5) is 0 Å². The Morgan fingerprint density at radius 3 is 3.12 bits per heavy atom. The molecule has 0 bridgehead atoms. The fourth-order valence-electron chi connectivity index (χ4n) is 1.77. The van der Waals surface area contributed by atoms with Gasteiger partial charge in [0.15, 0.2) is 0 Å². The molecule has 0 aliphatic carbocycles. The number of nitriles is 1. The second kappa shape index (κ2) is 4.82. The monoisotopic (exact) mass is 213 g/mol. The van der Waals surface area contributed by atoms with Crippen LogP contribution < -0.4 is 5.32 Å². The van der Waals surface area contributed by atoms with Crippen LogP contribution >= 0.6 is 0 Å². The zero-order valence-electron chi connectivity index (χ0n) is 9.33. The van der Waals surface area contributed by atoms with Crippen molar-refractivity contribution in [1.29, 1.82) is 5.26 Å². The van der Waals surface area contributed by atoms with Gasteiger partial charge in [0.25, 0.3) is 0 Å². The molecule has 0 fully saturated rings. The first-order chi connectivity index (χ1) is 7.81. The molecule has 0 saturated carbocycles. The Balaban J connectivity index is 2.04. The highest BCUT2D eigenvalue weighted by atomic mass is 14.9. The van der Waals surface area contributed by atoms with E-state index in [2.05, 4.69) is 40.6 Å². The van der Waals surface area contributed by atoms with Crippen LogP contribution in [-0.2, 0) is 6.54 Å². The van der Waals surface area contributed by atoms with E-state index in [1.165, 1.54) is 16.5 Å². The molecule has 82 valence electrons. The molecule has 0 saturated heterocycles. The van der Waals surface area contributed by atoms with E-state index in [4.69, 9.17) is 5.26 Å². The number of aromatic nitrogens is 1. The third kappa shape index (κ3) is 2.23. The van der Waals surface area contributed by atoms with E-state index in [0.29, 0.717) is 0 Å². The molecule has 0 spiro atoms. The molecule has 2 rings (SSSR count). The van der Waals surface area contributed by atoms with Crippen LogP contribution in [0.25, 0.3) is 10.9 Å². The van der Waals surface area contributed by atoms with Crippen molar-refractivity contribution in [2.24, 2.45) is 5.92 Å². The minimum Gasteiger partial charge on any atom is -0.361 e. The van der Waals surface area contributed by atoms with Crippen molar-refractivity contribution < 1.29 is 0 Å². The van der Waals surface area contributed by atoms with Crippen LogP contribution in [0.3, 0.4) is 0 Å². The van der Waals surface area contributed by atoms with Crippen molar-refractivity contribution in [1.82, 2.24) is 10.3 Å². The Morgan fingerprint density at radius 1 is 1.44 bits per heavy atom. The van der Waals surface area contributed by atoms with Gasteiger partial charge in [0.1, 0.15) is 0 Å². The van der Waals surface area contributed by atoms with E-state index >= 15 is 0 Å². The van der Waals surface area contributed by atoms with Crippen LogP contribution in [0.5, 0.6) is 0 Å². The van der Waals surface area contributed by atoms with Crippen molar-refractivity contribution in [2.45, 2.75) is 13.5 Å². The number of H-pyrrole nitrogens is 1. The second-order valence-corrected chi connectivity index (χ2v) is 4.02. The molecule has 1 aromatic carbocycles. The Morgan fingerprint density at radius 2 is 2.31 bits per heavy atom. The molecule has 0 aliphatic rings. The summed E-state index contributed by atoms with van der Waals surface area (Å²) in [5, 5.41) is 13.2. The second-order valence-electron chi connectivity index (χ2n) is 4.02. The summed E-state index contributed by atoms with van der Waals surface area (Å²) in [5.74, 6) is 0.0582. The minimum atomic E-state index is 0.0582. The van der Waals surface area contributed by atoms with Crippen molar-refractivity contribution in [3.05, 3.63) is 36.0 Å². The summed E-state index contributed by atoms with van der Waals surface area (Å²) in [6.07, 6.45) is 1.95. The molecule has 3 heteroatoms. The van der Waals surface area contributed by atoms with E-state index in [-0.39, 0.29) is 5.92 Å². The Bertz CT molecular complexity index is 507.